The molecular weight excluding hydrogens is 498 g/mol. The molecule has 2 aromatic carbocycles. The van der Waals surface area contributed by atoms with Crippen molar-refractivity contribution in [3.63, 3.8) is 0 Å². The molecule has 1 amide bonds. The molecule has 13 nitrogen and oxygen atoms in total. The number of carbonyl (C=O) groups excluding carboxylic acids is 1. The standard InChI is InChI=1S/C25H25N5O8/c1-14-26-23(38-28-14)5-4-8-29-24(32)16-10-20-21(37-13-36-20)11-18(16)30(25(29)33)12-22(31)27-17-7-6-15(34-2)9-19(17)35-3/h6-7,9-11H,4-5,8,12-13H2,1-3H3,(H,27,31). The normalized spacial score (nSPS) is 12.1. The van der Waals surface area contributed by atoms with Gasteiger partial charge in [0.15, 0.2) is 17.3 Å². The number of fused-ring (bicyclic) bond motifs is 2. The van der Waals surface area contributed by atoms with Gasteiger partial charge in [0.05, 0.1) is 30.8 Å². The fraction of sp³-hybridized carbons (Fsp3) is 0.320. The predicted octanol–water partition coefficient (Wildman–Crippen LogP) is 1.87. The predicted molar refractivity (Wildman–Crippen MR) is 134 cm³/mol. The van der Waals surface area contributed by atoms with Crippen LogP contribution < -0.4 is 35.5 Å². The van der Waals surface area contributed by atoms with Gasteiger partial charge in [-0.25, -0.2) is 4.79 Å². The maximum atomic E-state index is 13.5. The van der Waals surface area contributed by atoms with E-state index in [0.29, 0.717) is 53.2 Å². The van der Waals surface area contributed by atoms with Gasteiger partial charge in [-0.05, 0) is 31.5 Å². The van der Waals surface area contributed by atoms with Crippen LogP contribution >= 0.6 is 0 Å². The Bertz CT molecular complexity index is 1640. The summed E-state index contributed by atoms with van der Waals surface area (Å²) in [5, 5.41) is 6.72. The molecule has 1 N–H and O–H groups in total. The van der Waals surface area contributed by atoms with E-state index in [9.17, 15) is 14.4 Å². The van der Waals surface area contributed by atoms with Gasteiger partial charge in [0, 0.05) is 25.1 Å². The molecular formula is C25H25N5O8. The van der Waals surface area contributed by atoms with Crippen molar-refractivity contribution in [2.75, 3.05) is 26.3 Å². The van der Waals surface area contributed by atoms with E-state index in [4.69, 9.17) is 23.5 Å². The minimum atomic E-state index is -0.639. The lowest BCUT2D eigenvalue weighted by molar-refractivity contribution is -0.116. The molecule has 0 atom stereocenters. The van der Waals surface area contributed by atoms with Gasteiger partial charge in [-0.1, -0.05) is 5.16 Å². The van der Waals surface area contributed by atoms with Crippen LogP contribution in [0.5, 0.6) is 23.0 Å². The average molecular weight is 524 g/mol. The van der Waals surface area contributed by atoms with Crippen molar-refractivity contribution >= 4 is 22.5 Å². The molecule has 4 aromatic rings. The number of ether oxygens (including phenoxy) is 4. The number of nitrogens with one attached hydrogen (secondary N) is 1. The highest BCUT2D eigenvalue weighted by molar-refractivity contribution is 5.93. The van der Waals surface area contributed by atoms with Crippen LogP contribution in [0.4, 0.5) is 5.69 Å². The van der Waals surface area contributed by atoms with Crippen molar-refractivity contribution < 1.29 is 28.3 Å². The summed E-state index contributed by atoms with van der Waals surface area (Å²) in [5.74, 6) is 2.13. The zero-order chi connectivity index (χ0) is 26.8. The summed E-state index contributed by atoms with van der Waals surface area (Å²) >= 11 is 0. The summed E-state index contributed by atoms with van der Waals surface area (Å²) in [6.07, 6.45) is 0.770. The summed E-state index contributed by atoms with van der Waals surface area (Å²) in [6.45, 7) is 1.41. The van der Waals surface area contributed by atoms with Crippen LogP contribution in [-0.2, 0) is 24.3 Å². The molecule has 13 heteroatoms. The van der Waals surface area contributed by atoms with Gasteiger partial charge in [0.2, 0.25) is 18.6 Å². The Kier molecular flexibility index (Phi) is 6.73. The fourth-order valence-corrected chi connectivity index (χ4v) is 4.22. The van der Waals surface area contributed by atoms with Crippen LogP contribution in [-0.4, -0.2) is 46.2 Å². The Morgan fingerprint density at radius 1 is 1.08 bits per heavy atom. The smallest absolute Gasteiger partial charge is 0.331 e. The first-order valence-corrected chi connectivity index (χ1v) is 11.8. The number of hydrogen-bond acceptors (Lipinski definition) is 10. The highest BCUT2D eigenvalue weighted by Crippen LogP contribution is 2.35. The summed E-state index contributed by atoms with van der Waals surface area (Å²) in [6, 6.07) is 7.99. The van der Waals surface area contributed by atoms with Gasteiger partial charge >= 0.3 is 5.69 Å². The maximum absolute atomic E-state index is 13.5. The largest absolute Gasteiger partial charge is 0.497 e. The van der Waals surface area contributed by atoms with E-state index < -0.39 is 17.2 Å². The molecule has 5 rings (SSSR count). The molecule has 0 aliphatic carbocycles. The Hall–Kier alpha value is -4.81. The molecule has 0 bridgehead atoms. The second-order valence-electron chi connectivity index (χ2n) is 8.50. The van der Waals surface area contributed by atoms with Crippen LogP contribution in [0.3, 0.4) is 0 Å². The third-order valence-corrected chi connectivity index (χ3v) is 6.05. The van der Waals surface area contributed by atoms with Crippen LogP contribution in [0.15, 0.2) is 44.4 Å². The number of anilines is 1. The van der Waals surface area contributed by atoms with Gasteiger partial charge in [-0.15, -0.1) is 0 Å². The van der Waals surface area contributed by atoms with Gasteiger partial charge in [-0.2, -0.15) is 4.98 Å². The van der Waals surface area contributed by atoms with Crippen LogP contribution in [0.2, 0.25) is 0 Å². The lowest BCUT2D eigenvalue weighted by Gasteiger charge is -2.15. The van der Waals surface area contributed by atoms with Gasteiger partial charge in [0.1, 0.15) is 18.0 Å². The van der Waals surface area contributed by atoms with Crippen molar-refractivity contribution in [2.24, 2.45) is 0 Å². The van der Waals surface area contributed by atoms with Gasteiger partial charge < -0.3 is 28.8 Å². The third kappa shape index (κ3) is 4.77. The molecule has 198 valence electrons. The molecule has 1 aliphatic heterocycles. The van der Waals surface area contributed by atoms with E-state index >= 15 is 0 Å². The molecule has 0 fully saturated rings. The molecule has 0 radical (unpaired) electrons. The molecule has 0 unspecified atom stereocenters. The average Bonchev–Trinajstić information content (AvgIpc) is 3.55. The van der Waals surface area contributed by atoms with Crippen LogP contribution in [0.1, 0.15) is 18.1 Å². The first kappa shape index (κ1) is 24.9. The highest BCUT2D eigenvalue weighted by atomic mass is 16.7. The van der Waals surface area contributed by atoms with Crippen molar-refractivity contribution in [2.45, 2.75) is 32.9 Å². The molecule has 3 heterocycles. The minimum Gasteiger partial charge on any atom is -0.497 e. The van der Waals surface area contributed by atoms with Crippen LogP contribution in [0.25, 0.3) is 10.9 Å². The molecule has 0 saturated heterocycles. The summed E-state index contributed by atoms with van der Waals surface area (Å²) in [7, 11) is 2.99. The molecule has 38 heavy (non-hydrogen) atoms. The lowest BCUT2D eigenvalue weighted by Crippen LogP contribution is -2.42. The van der Waals surface area contributed by atoms with E-state index in [0.717, 1.165) is 4.57 Å². The lowest BCUT2D eigenvalue weighted by atomic mass is 10.2. The Morgan fingerprint density at radius 3 is 2.58 bits per heavy atom. The second-order valence-corrected chi connectivity index (χ2v) is 8.50. The van der Waals surface area contributed by atoms with E-state index in [2.05, 4.69) is 15.5 Å². The topological polar surface area (TPSA) is 149 Å². The van der Waals surface area contributed by atoms with E-state index in [1.807, 2.05) is 0 Å². The number of rotatable bonds is 9. The molecule has 0 spiro atoms. The van der Waals surface area contributed by atoms with Crippen molar-refractivity contribution in [3.05, 3.63) is 62.9 Å². The number of methoxy groups -OCH3 is 2. The number of aryl methyl sites for hydroxylation is 2. The Balaban J connectivity index is 1.49. The van der Waals surface area contributed by atoms with Crippen LogP contribution in [0, 0.1) is 6.92 Å². The first-order chi connectivity index (χ1) is 18.4. The Morgan fingerprint density at radius 2 is 1.87 bits per heavy atom. The zero-order valence-electron chi connectivity index (χ0n) is 21.0. The van der Waals surface area contributed by atoms with Crippen molar-refractivity contribution in [1.82, 2.24) is 19.3 Å². The second kappa shape index (κ2) is 10.3. The number of amides is 1. The van der Waals surface area contributed by atoms with E-state index in [-0.39, 0.29) is 30.8 Å². The van der Waals surface area contributed by atoms with Gasteiger partial charge in [-0.3, -0.25) is 18.7 Å². The highest BCUT2D eigenvalue weighted by Gasteiger charge is 2.22. The summed E-state index contributed by atoms with van der Waals surface area (Å²) < 4.78 is 28.9. The van der Waals surface area contributed by atoms with E-state index in [1.165, 1.54) is 30.9 Å². The number of nitrogens with zero attached hydrogens (tertiary/aromatic N) is 4. The number of aromatic nitrogens is 4. The quantitative estimate of drug-likeness (QED) is 0.345. The van der Waals surface area contributed by atoms with Gasteiger partial charge in [0.25, 0.3) is 5.56 Å². The van der Waals surface area contributed by atoms with E-state index in [1.54, 1.807) is 25.1 Å². The number of benzene rings is 2. The molecule has 2 aromatic heterocycles. The van der Waals surface area contributed by atoms with Crippen molar-refractivity contribution in [1.29, 1.82) is 0 Å². The monoisotopic (exact) mass is 523 g/mol. The van der Waals surface area contributed by atoms with Crippen molar-refractivity contribution in [3.8, 4) is 23.0 Å². The molecule has 1 aliphatic rings. The number of hydrogen-bond donors (Lipinski definition) is 1. The SMILES string of the molecule is COc1ccc(NC(=O)Cn2c(=O)n(CCCc3nc(C)no3)c(=O)c3cc4c(cc32)OCO4)c(OC)c1. The maximum Gasteiger partial charge on any atom is 0.331 e. The Labute approximate surface area is 215 Å². The summed E-state index contributed by atoms with van der Waals surface area (Å²) in [5.41, 5.74) is -0.486. The summed E-state index contributed by atoms with van der Waals surface area (Å²) in [4.78, 5) is 44.1. The number of carbonyl (C=O) groups is 1. The molecule has 0 saturated carbocycles. The third-order valence-electron chi connectivity index (χ3n) is 6.05. The minimum absolute atomic E-state index is 0.00850. The zero-order valence-corrected chi connectivity index (χ0v) is 21.0. The first-order valence-electron chi connectivity index (χ1n) is 11.8. The fourth-order valence-electron chi connectivity index (χ4n) is 4.22.